The Balaban J connectivity index is 1.59. The lowest BCUT2D eigenvalue weighted by molar-refractivity contribution is 0.0984. The van der Waals surface area contributed by atoms with Gasteiger partial charge >= 0.3 is 0 Å². The normalized spacial score (nSPS) is 12.8. The van der Waals surface area contributed by atoms with Gasteiger partial charge in [-0.3, -0.25) is 4.79 Å². The van der Waals surface area contributed by atoms with Crippen molar-refractivity contribution in [1.29, 1.82) is 0 Å². The van der Waals surface area contributed by atoms with Crippen LogP contribution >= 0.6 is 23.2 Å². The number of hydrogen-bond acceptors (Lipinski definition) is 4. The quantitative estimate of drug-likeness (QED) is 0.708. The number of aromatic nitrogens is 2. The predicted octanol–water partition coefficient (Wildman–Crippen LogP) is 4.73. The van der Waals surface area contributed by atoms with Crippen LogP contribution in [0.25, 0.3) is 0 Å². The monoisotopic (exact) mass is 384 g/mol. The van der Waals surface area contributed by atoms with Gasteiger partial charge in [0.1, 0.15) is 17.8 Å². The van der Waals surface area contributed by atoms with Gasteiger partial charge in [0.25, 0.3) is 5.91 Å². The number of para-hydroxylation sites is 1. The van der Waals surface area contributed by atoms with Gasteiger partial charge in [-0.1, -0.05) is 41.4 Å². The van der Waals surface area contributed by atoms with Crippen LogP contribution in [-0.4, -0.2) is 22.4 Å². The number of rotatable bonds is 3. The van der Waals surface area contributed by atoms with Crippen LogP contribution in [0.1, 0.15) is 16.1 Å². The van der Waals surface area contributed by atoms with Gasteiger partial charge in [0, 0.05) is 34.0 Å². The topological polar surface area (TPSA) is 58.1 Å². The van der Waals surface area contributed by atoms with Crippen molar-refractivity contribution in [2.75, 3.05) is 16.8 Å². The first-order chi connectivity index (χ1) is 12.6. The van der Waals surface area contributed by atoms with Gasteiger partial charge in [-0.25, -0.2) is 9.97 Å². The second-order valence-electron chi connectivity index (χ2n) is 5.91. The molecule has 0 bridgehead atoms. The summed E-state index contributed by atoms with van der Waals surface area (Å²) in [5.74, 6) is 0.346. The van der Waals surface area contributed by atoms with Crippen molar-refractivity contribution in [3.8, 4) is 0 Å². The fourth-order valence-electron chi connectivity index (χ4n) is 3.00. The number of hydrogen-bond donors (Lipinski definition) is 1. The molecule has 5 nitrogen and oxygen atoms in total. The zero-order valence-electron chi connectivity index (χ0n) is 13.6. The number of carbonyl (C=O) groups excluding carboxylic acids is 1. The summed E-state index contributed by atoms with van der Waals surface area (Å²) >= 11 is 12.0. The van der Waals surface area contributed by atoms with Crippen LogP contribution < -0.4 is 10.2 Å². The van der Waals surface area contributed by atoms with Gasteiger partial charge in [0.05, 0.1) is 0 Å². The number of carbonyl (C=O) groups is 1. The molecule has 26 heavy (non-hydrogen) atoms. The molecule has 0 atom stereocenters. The molecule has 4 rings (SSSR count). The van der Waals surface area contributed by atoms with Gasteiger partial charge in [0.2, 0.25) is 0 Å². The number of nitrogens with one attached hydrogen (secondary N) is 1. The molecule has 0 spiro atoms. The van der Waals surface area contributed by atoms with E-state index in [1.54, 1.807) is 29.2 Å². The molecule has 2 heterocycles. The maximum absolute atomic E-state index is 12.9. The van der Waals surface area contributed by atoms with Crippen LogP contribution in [-0.2, 0) is 6.42 Å². The zero-order valence-corrected chi connectivity index (χ0v) is 15.1. The van der Waals surface area contributed by atoms with E-state index < -0.39 is 0 Å². The molecule has 130 valence electrons. The van der Waals surface area contributed by atoms with E-state index in [0.29, 0.717) is 33.8 Å². The van der Waals surface area contributed by atoms with Crippen LogP contribution in [0, 0.1) is 0 Å². The van der Waals surface area contributed by atoms with Crippen LogP contribution in [0.15, 0.2) is 54.9 Å². The van der Waals surface area contributed by atoms with E-state index in [2.05, 4.69) is 15.3 Å². The summed E-state index contributed by atoms with van der Waals surface area (Å²) in [4.78, 5) is 22.9. The lowest BCUT2D eigenvalue weighted by Crippen LogP contribution is -2.29. The first-order valence-corrected chi connectivity index (χ1v) is 8.81. The third-order valence-corrected chi connectivity index (χ3v) is 4.59. The lowest BCUT2D eigenvalue weighted by Gasteiger charge is -2.17. The Morgan fingerprint density at radius 3 is 2.62 bits per heavy atom. The molecule has 7 heteroatoms. The van der Waals surface area contributed by atoms with E-state index in [4.69, 9.17) is 23.2 Å². The van der Waals surface area contributed by atoms with Crippen LogP contribution in [0.4, 0.5) is 17.2 Å². The summed E-state index contributed by atoms with van der Waals surface area (Å²) in [6, 6.07) is 14.6. The third kappa shape index (κ3) is 3.36. The van der Waals surface area contributed by atoms with Crippen molar-refractivity contribution in [1.82, 2.24) is 9.97 Å². The van der Waals surface area contributed by atoms with Gasteiger partial charge < -0.3 is 10.2 Å². The number of nitrogens with zero attached hydrogens (tertiary/aromatic N) is 3. The Morgan fingerprint density at radius 1 is 1.04 bits per heavy atom. The first-order valence-electron chi connectivity index (χ1n) is 8.05. The highest BCUT2D eigenvalue weighted by Gasteiger charge is 2.26. The largest absolute Gasteiger partial charge is 0.340 e. The molecule has 1 aliphatic heterocycles. The van der Waals surface area contributed by atoms with Crippen molar-refractivity contribution in [2.45, 2.75) is 6.42 Å². The summed E-state index contributed by atoms with van der Waals surface area (Å²) in [6.45, 7) is 0.648. The van der Waals surface area contributed by atoms with Crippen molar-refractivity contribution in [2.24, 2.45) is 0 Å². The Kier molecular flexibility index (Phi) is 4.49. The van der Waals surface area contributed by atoms with Gasteiger partial charge in [0.15, 0.2) is 0 Å². The van der Waals surface area contributed by atoms with Crippen LogP contribution in [0.3, 0.4) is 0 Å². The minimum Gasteiger partial charge on any atom is -0.340 e. The fourth-order valence-corrected chi connectivity index (χ4v) is 3.53. The van der Waals surface area contributed by atoms with Crippen molar-refractivity contribution in [3.63, 3.8) is 0 Å². The molecular weight excluding hydrogens is 371 g/mol. The van der Waals surface area contributed by atoms with E-state index in [0.717, 1.165) is 12.1 Å². The van der Waals surface area contributed by atoms with Crippen LogP contribution in [0.5, 0.6) is 0 Å². The van der Waals surface area contributed by atoms with Gasteiger partial charge in [-0.15, -0.1) is 0 Å². The average Bonchev–Trinajstić information content (AvgIpc) is 3.04. The van der Waals surface area contributed by atoms with Gasteiger partial charge in [-0.05, 0) is 36.2 Å². The second kappa shape index (κ2) is 6.94. The Morgan fingerprint density at radius 2 is 1.81 bits per heavy atom. The number of fused-ring (bicyclic) bond motifs is 1. The number of anilines is 3. The minimum absolute atomic E-state index is 0.149. The molecule has 0 aliphatic carbocycles. The highest BCUT2D eigenvalue weighted by Crippen LogP contribution is 2.29. The maximum atomic E-state index is 12.9. The molecule has 1 aromatic heterocycles. The fraction of sp³-hybridized carbons (Fsp3) is 0.105. The molecule has 1 aliphatic rings. The van der Waals surface area contributed by atoms with Crippen LogP contribution in [0.2, 0.25) is 10.0 Å². The minimum atomic E-state index is -0.149. The summed E-state index contributed by atoms with van der Waals surface area (Å²) in [5, 5.41) is 4.13. The Bertz CT molecular complexity index is 973. The SMILES string of the molecule is O=C(c1cc(Nc2cc(Cl)cc(Cl)c2)ncn1)N1CCc2ccccc21. The molecule has 3 aromatic rings. The third-order valence-electron chi connectivity index (χ3n) is 4.15. The van der Waals surface area contributed by atoms with E-state index in [-0.39, 0.29) is 5.91 Å². The smallest absolute Gasteiger partial charge is 0.277 e. The molecule has 2 aromatic carbocycles. The first kappa shape index (κ1) is 16.8. The number of halogens is 2. The molecule has 0 saturated carbocycles. The standard InChI is InChI=1S/C19H14Cl2N4O/c20-13-7-14(21)9-15(8-13)24-18-10-16(22-11-23-18)19(26)25-6-5-12-3-1-2-4-17(12)25/h1-4,7-11H,5-6H2,(H,22,23,24). The molecule has 1 N–H and O–H groups in total. The molecule has 1 amide bonds. The maximum Gasteiger partial charge on any atom is 0.277 e. The van der Waals surface area contributed by atoms with E-state index in [1.165, 1.54) is 11.9 Å². The van der Waals surface area contributed by atoms with E-state index in [9.17, 15) is 4.79 Å². The Labute approximate surface area is 160 Å². The summed E-state index contributed by atoms with van der Waals surface area (Å²) < 4.78 is 0. The van der Waals surface area contributed by atoms with Gasteiger partial charge in [-0.2, -0.15) is 0 Å². The molecular formula is C19H14Cl2N4O. The molecule has 0 unspecified atom stereocenters. The zero-order chi connectivity index (χ0) is 18.1. The Hall–Kier alpha value is -2.63. The average molecular weight is 385 g/mol. The van der Waals surface area contributed by atoms with E-state index in [1.807, 2.05) is 24.3 Å². The highest BCUT2D eigenvalue weighted by atomic mass is 35.5. The lowest BCUT2D eigenvalue weighted by atomic mass is 10.2. The van der Waals surface area contributed by atoms with Crippen molar-refractivity contribution < 1.29 is 4.79 Å². The highest BCUT2D eigenvalue weighted by molar-refractivity contribution is 6.35. The molecule has 0 radical (unpaired) electrons. The summed E-state index contributed by atoms with van der Waals surface area (Å²) in [7, 11) is 0. The molecule has 0 saturated heterocycles. The molecule has 0 fully saturated rings. The number of benzene rings is 2. The second-order valence-corrected chi connectivity index (χ2v) is 6.78. The van der Waals surface area contributed by atoms with E-state index >= 15 is 0 Å². The summed E-state index contributed by atoms with van der Waals surface area (Å²) in [5.41, 5.74) is 3.12. The van der Waals surface area contributed by atoms with Crippen molar-refractivity contribution >= 4 is 46.3 Å². The number of amides is 1. The van der Waals surface area contributed by atoms with Crippen molar-refractivity contribution in [3.05, 3.63) is 76.2 Å². The summed E-state index contributed by atoms with van der Waals surface area (Å²) in [6.07, 6.45) is 2.21. The predicted molar refractivity (Wildman–Crippen MR) is 104 cm³/mol.